The van der Waals surface area contributed by atoms with Crippen LogP contribution in [-0.2, 0) is 47.4 Å². The molecule has 0 aromatic rings. The van der Waals surface area contributed by atoms with Gasteiger partial charge in [-0.15, -0.1) is 0 Å². The summed E-state index contributed by atoms with van der Waals surface area (Å²) in [5.74, 6) is -0.277. The van der Waals surface area contributed by atoms with Crippen LogP contribution >= 0.6 is 0 Å². The lowest BCUT2D eigenvalue weighted by Gasteiger charge is -2.08. The fourth-order valence-corrected chi connectivity index (χ4v) is 4.30. The molecule has 0 spiro atoms. The number of unbranched alkanes of at least 4 members (excludes halogenated alkanes) is 13. The molecule has 0 fully saturated rings. The van der Waals surface area contributed by atoms with Crippen LogP contribution in [0.3, 0.4) is 0 Å². The molecule has 0 aliphatic heterocycles. The van der Waals surface area contributed by atoms with Gasteiger partial charge in [0.2, 0.25) is 0 Å². The Balaban J connectivity index is 3.04. The topological polar surface area (TPSA) is 100 Å². The maximum Gasteiger partial charge on any atom is 0.307 e. The Morgan fingerprint density at radius 2 is 0.591 bits per heavy atom. The van der Waals surface area contributed by atoms with E-state index in [9.17, 15) is 4.79 Å². The molecule has 0 aromatic heterocycles. The zero-order valence-electron chi connectivity index (χ0n) is 28.5. The van der Waals surface area contributed by atoms with Crippen molar-refractivity contribution < 1.29 is 47.4 Å². The zero-order chi connectivity index (χ0) is 31.9. The third-order valence-electron chi connectivity index (χ3n) is 6.92. The van der Waals surface area contributed by atoms with Crippen molar-refractivity contribution in [3.63, 3.8) is 0 Å². The third-order valence-corrected chi connectivity index (χ3v) is 6.92. The first-order valence-corrected chi connectivity index (χ1v) is 17.5. The Hall–Kier alpha value is -0.850. The summed E-state index contributed by atoms with van der Waals surface area (Å²) in [7, 11) is 1.36. The molecule has 0 aliphatic rings. The van der Waals surface area contributed by atoms with E-state index in [0.29, 0.717) is 99.1 Å². The fraction of sp³-hybridized carbons (Fsp3) is 0.971. The van der Waals surface area contributed by atoms with E-state index in [2.05, 4.69) is 11.7 Å². The first-order chi connectivity index (χ1) is 21.8. The van der Waals surface area contributed by atoms with Crippen molar-refractivity contribution >= 4 is 5.97 Å². The number of carbonyl (C=O) groups is 1. The molecule has 0 heterocycles. The van der Waals surface area contributed by atoms with Crippen LogP contribution in [0.15, 0.2) is 0 Å². The Morgan fingerprint density at radius 3 is 0.886 bits per heavy atom. The van der Waals surface area contributed by atoms with Gasteiger partial charge in [-0.25, -0.2) is 0 Å². The zero-order valence-corrected chi connectivity index (χ0v) is 28.5. The molecule has 44 heavy (non-hydrogen) atoms. The lowest BCUT2D eigenvalue weighted by molar-refractivity contribution is -0.141. The number of carbonyl (C=O) groups excluding carboxylic acids is 1. The van der Waals surface area contributed by atoms with Crippen molar-refractivity contribution in [3.8, 4) is 0 Å². The Labute approximate surface area is 269 Å². The molecule has 0 atom stereocenters. The molecule has 0 unspecified atom stereocenters. The standard InChI is InChI=1S/C34H68O10/c1-3-4-5-6-7-8-9-10-11-12-13-14-15-16-18-37-20-22-39-24-26-41-28-30-43-32-33-44-31-29-42-27-25-40-23-21-38-19-17-34(35)36-2/h3-33H2,1-2H3. The minimum absolute atomic E-state index is 0.254. The highest BCUT2D eigenvalue weighted by Gasteiger charge is 2.00. The summed E-state index contributed by atoms with van der Waals surface area (Å²) < 4.78 is 48.3. The van der Waals surface area contributed by atoms with E-state index in [1.807, 2.05) is 0 Å². The Kier molecular flexibility index (Phi) is 39.4. The molecule has 0 N–H and O–H groups in total. The van der Waals surface area contributed by atoms with Gasteiger partial charge in [0, 0.05) is 6.61 Å². The van der Waals surface area contributed by atoms with E-state index in [1.165, 1.54) is 90.6 Å². The molecular weight excluding hydrogens is 568 g/mol. The molecular formula is C34H68O10. The smallest absolute Gasteiger partial charge is 0.307 e. The van der Waals surface area contributed by atoms with Gasteiger partial charge in [-0.1, -0.05) is 90.4 Å². The minimum atomic E-state index is -0.277. The molecule has 0 bridgehead atoms. The van der Waals surface area contributed by atoms with E-state index < -0.39 is 0 Å². The van der Waals surface area contributed by atoms with E-state index >= 15 is 0 Å². The molecule has 0 aromatic carbocycles. The van der Waals surface area contributed by atoms with Crippen molar-refractivity contribution in [2.45, 2.75) is 103 Å². The quantitative estimate of drug-likeness (QED) is 0.0576. The molecule has 264 valence electrons. The first kappa shape index (κ1) is 43.1. The lowest BCUT2D eigenvalue weighted by atomic mass is 10.0. The van der Waals surface area contributed by atoms with Crippen LogP contribution in [0.2, 0.25) is 0 Å². The highest BCUT2D eigenvalue weighted by Crippen LogP contribution is 2.13. The van der Waals surface area contributed by atoms with Crippen LogP contribution in [0.25, 0.3) is 0 Å². The van der Waals surface area contributed by atoms with Gasteiger partial charge >= 0.3 is 5.97 Å². The summed E-state index contributed by atoms with van der Waals surface area (Å²) in [6.07, 6.45) is 19.5. The second-order valence-electron chi connectivity index (χ2n) is 10.8. The minimum Gasteiger partial charge on any atom is -0.469 e. The second-order valence-corrected chi connectivity index (χ2v) is 10.8. The molecule has 0 aliphatic carbocycles. The number of methoxy groups -OCH3 is 1. The van der Waals surface area contributed by atoms with E-state index in [4.69, 9.17) is 37.9 Å². The number of esters is 1. The highest BCUT2D eigenvalue weighted by molar-refractivity contribution is 5.69. The van der Waals surface area contributed by atoms with Crippen molar-refractivity contribution in [2.75, 3.05) is 113 Å². The van der Waals surface area contributed by atoms with Crippen LogP contribution in [0, 0.1) is 0 Å². The Bertz CT molecular complexity index is 538. The largest absolute Gasteiger partial charge is 0.469 e. The highest BCUT2D eigenvalue weighted by atomic mass is 16.6. The predicted octanol–water partition coefficient (Wildman–Crippen LogP) is 6.16. The van der Waals surface area contributed by atoms with Gasteiger partial charge in [0.05, 0.1) is 113 Å². The van der Waals surface area contributed by atoms with E-state index in [0.717, 1.165) is 13.0 Å². The predicted molar refractivity (Wildman–Crippen MR) is 173 cm³/mol. The molecule has 10 nitrogen and oxygen atoms in total. The van der Waals surface area contributed by atoms with E-state index in [1.54, 1.807) is 0 Å². The van der Waals surface area contributed by atoms with Gasteiger partial charge in [-0.05, 0) is 6.42 Å². The SMILES string of the molecule is CCCCCCCCCCCCCCCCOCCOCCOCCOCCOCCOCCOCCOCCC(=O)OC. The molecule has 0 saturated heterocycles. The number of ether oxygens (including phenoxy) is 9. The maximum atomic E-state index is 10.9. The average molecular weight is 637 g/mol. The normalized spacial score (nSPS) is 11.4. The van der Waals surface area contributed by atoms with Crippen molar-refractivity contribution in [1.82, 2.24) is 0 Å². The van der Waals surface area contributed by atoms with Crippen molar-refractivity contribution in [2.24, 2.45) is 0 Å². The second kappa shape index (κ2) is 40.2. The van der Waals surface area contributed by atoms with Crippen molar-refractivity contribution in [1.29, 1.82) is 0 Å². The average Bonchev–Trinajstić information content (AvgIpc) is 3.04. The van der Waals surface area contributed by atoms with Crippen LogP contribution in [0.1, 0.15) is 103 Å². The van der Waals surface area contributed by atoms with Crippen LogP contribution in [0.5, 0.6) is 0 Å². The van der Waals surface area contributed by atoms with Crippen LogP contribution in [0.4, 0.5) is 0 Å². The monoisotopic (exact) mass is 636 g/mol. The summed E-state index contributed by atoms with van der Waals surface area (Å²) >= 11 is 0. The summed E-state index contributed by atoms with van der Waals surface area (Å²) in [6.45, 7) is 10.9. The summed E-state index contributed by atoms with van der Waals surface area (Å²) in [6, 6.07) is 0. The number of hydrogen-bond donors (Lipinski definition) is 0. The van der Waals surface area contributed by atoms with Gasteiger partial charge < -0.3 is 42.6 Å². The fourth-order valence-electron chi connectivity index (χ4n) is 4.30. The van der Waals surface area contributed by atoms with Gasteiger partial charge in [0.15, 0.2) is 0 Å². The molecule has 0 saturated carbocycles. The lowest BCUT2D eigenvalue weighted by Crippen LogP contribution is -2.15. The number of rotatable bonds is 39. The molecule has 10 heteroatoms. The Morgan fingerprint density at radius 1 is 0.341 bits per heavy atom. The van der Waals surface area contributed by atoms with Crippen LogP contribution in [-0.4, -0.2) is 119 Å². The van der Waals surface area contributed by atoms with Gasteiger partial charge in [0.1, 0.15) is 0 Å². The molecule has 0 rings (SSSR count). The van der Waals surface area contributed by atoms with Gasteiger partial charge in [0.25, 0.3) is 0 Å². The molecule has 0 amide bonds. The summed E-state index contributed by atoms with van der Waals surface area (Å²) in [4.78, 5) is 10.9. The first-order valence-electron chi connectivity index (χ1n) is 17.5. The van der Waals surface area contributed by atoms with E-state index in [-0.39, 0.29) is 12.4 Å². The molecule has 0 radical (unpaired) electrons. The van der Waals surface area contributed by atoms with Gasteiger partial charge in [-0.3, -0.25) is 4.79 Å². The maximum absolute atomic E-state index is 10.9. The number of hydrogen-bond acceptors (Lipinski definition) is 10. The van der Waals surface area contributed by atoms with Crippen molar-refractivity contribution in [3.05, 3.63) is 0 Å². The third kappa shape index (κ3) is 39.2. The summed E-state index contributed by atoms with van der Waals surface area (Å²) in [5, 5.41) is 0. The van der Waals surface area contributed by atoms with Gasteiger partial charge in [-0.2, -0.15) is 0 Å². The summed E-state index contributed by atoms with van der Waals surface area (Å²) in [5.41, 5.74) is 0. The van der Waals surface area contributed by atoms with Crippen LogP contribution < -0.4 is 0 Å².